The van der Waals surface area contributed by atoms with Crippen LogP contribution in [0.25, 0.3) is 316 Å². The van der Waals surface area contributed by atoms with E-state index >= 15 is 0 Å². The minimum atomic E-state index is -0.435. The summed E-state index contributed by atoms with van der Waals surface area (Å²) in [6, 6.07) is 115. The third-order valence-electron chi connectivity index (χ3n) is 29.5. The van der Waals surface area contributed by atoms with Gasteiger partial charge >= 0.3 is 0 Å². The Morgan fingerprint density at radius 2 is 0.313 bits per heavy atom. The molecule has 3 nitrogen and oxygen atoms in total. The van der Waals surface area contributed by atoms with Gasteiger partial charge in [-0.1, -0.05) is 430 Å². The van der Waals surface area contributed by atoms with E-state index in [2.05, 4.69) is 78.9 Å². The lowest BCUT2D eigenvalue weighted by atomic mass is 9.85. The highest BCUT2D eigenvalue weighted by Crippen LogP contribution is 2.52. The van der Waals surface area contributed by atoms with Crippen LogP contribution in [0, 0.1) is 0 Å². The quantitative estimate of drug-likeness (QED) is 0.112. The Morgan fingerprint density at radius 1 is 0.116 bits per heavy atom. The predicted octanol–water partition coefficient (Wildman–Crippen LogP) is 41.4. The molecule has 0 atom stereocenters. The zero-order valence-electron chi connectivity index (χ0n) is 102. The normalized spacial score (nSPS) is 14.2. The van der Waals surface area contributed by atoms with E-state index in [9.17, 15) is 16.4 Å². The molecule has 0 radical (unpaired) electrons. The predicted molar refractivity (Wildman–Crippen MR) is 627 cm³/mol. The minimum Gasteiger partial charge on any atom is -0.456 e. The summed E-state index contributed by atoms with van der Waals surface area (Å²) in [5.41, 5.74) is 13.0. The van der Waals surface area contributed by atoms with Crippen LogP contribution in [0.4, 0.5) is 0 Å². The number of hydrogen-bond acceptors (Lipinski definition) is 3. The first-order valence-electron chi connectivity index (χ1n) is 60.7. The monoisotopic (exact) mass is 1890 g/mol. The summed E-state index contributed by atoms with van der Waals surface area (Å²) in [5, 5.41) is 26.0. The zero-order valence-corrected chi connectivity index (χ0v) is 78.0. The molecule has 0 saturated carbocycles. The fraction of sp³-hybridized carbons (Fsp3) is 0. The molecule has 0 amide bonds. The van der Waals surface area contributed by atoms with Gasteiger partial charge < -0.3 is 13.3 Å². The van der Waals surface area contributed by atoms with Crippen LogP contribution in [0.1, 0.15) is 32.9 Å². The Morgan fingerprint density at radius 3 is 0.612 bits per heavy atom. The fourth-order valence-electron chi connectivity index (χ4n) is 22.8. The lowest BCUT2D eigenvalue weighted by Crippen LogP contribution is -1.91. The first kappa shape index (κ1) is 62.8. The summed E-state index contributed by atoms with van der Waals surface area (Å²) >= 11 is 0. The lowest BCUT2D eigenvalue weighted by molar-refractivity contribution is 0.669. The SMILES string of the molecule is [2H]c1c([2H])c([2H])c2c(-c3ccc4oc5cc6ccccc6cc5c4c3)c3c([2H])c([2H])c([2H])c([2H])c3c(-c3ccc(-c4cc5ccccc5c5ccccc45)cc3)c2c1[2H].[2H]c1c([2H])c([2H])c2c(-c3ccc4oc5cc6ccccc6cc5c4c3)c3c([2H])c([2H])c([2H])c([2H])c3c(-c3ccc(-c4cc5ccccc5c5ccccc45)cc3)c2c1[2H].[2H]c1c([2H])c([2H])c2c(-c3ccc4oc5cc6ccccc6cc5c4c3)c3c([2H])c([2H])c([2H])c([2H])c3c(-c3ccc4ccc5ccccc5c4c3)c2c1[2H]. The van der Waals surface area contributed by atoms with Crippen molar-refractivity contribution in [1.82, 2.24) is 0 Å². The molecule has 0 fully saturated rings. The molecule has 0 aliphatic carbocycles. The molecule has 0 aliphatic rings. The van der Waals surface area contributed by atoms with Crippen LogP contribution in [-0.2, 0) is 0 Å². The standard InChI is InChI=1S/2C50H30O.C44H26O/c2*1-2-12-34-30-48-46(27-33(34)11-1)45-29-36(25-26-47(45)51-48)50-42-19-9-7-17-40(42)49(41-18-8-10-20-43(41)50)32-23-21-31(22-24-32)44-28-35-13-3-4-14-37(35)38-15-5-6-16-39(38)44;1-2-11-30-26-42-40(23-29(30)10-1)39-25-32(21-22-41(39)45-42)44-36-15-7-5-13-34(36)43(35-14-6-8-16-37(35)44)31-20-19-28-18-17-27-9-3-4-12-33(27)38(28)24-31/h2*1-30H;1-26H/i2*7D,8D,9D,10D,17D,18D,19D,20D;5D,6D,7D,8D,13D,14D,15D,16D. The Bertz CT molecular complexity index is 12100. The number of benzene rings is 29. The summed E-state index contributed by atoms with van der Waals surface area (Å²) in [7, 11) is 0. The Labute approximate surface area is 878 Å². The van der Waals surface area contributed by atoms with Crippen molar-refractivity contribution in [3.8, 4) is 89.0 Å². The first-order valence-corrected chi connectivity index (χ1v) is 48.7. The molecule has 0 aliphatic heterocycles. The zero-order chi connectivity index (χ0) is 117. The Hall–Kier alpha value is -19.3. The van der Waals surface area contributed by atoms with Gasteiger partial charge in [0.1, 0.15) is 33.5 Å². The van der Waals surface area contributed by atoms with Gasteiger partial charge in [0.15, 0.2) is 0 Å². The molecule has 3 heteroatoms. The summed E-state index contributed by atoms with van der Waals surface area (Å²) in [5.74, 6) is 0. The van der Waals surface area contributed by atoms with Gasteiger partial charge in [-0.3, -0.25) is 0 Å². The molecular formula is C144H86O3. The summed E-state index contributed by atoms with van der Waals surface area (Å²) in [4.78, 5) is 0. The van der Waals surface area contributed by atoms with Crippen molar-refractivity contribution in [2.75, 3.05) is 0 Å². The third-order valence-corrected chi connectivity index (χ3v) is 29.5. The van der Waals surface area contributed by atoms with E-state index in [1.54, 1.807) is 18.2 Å². The highest BCUT2D eigenvalue weighted by atomic mass is 16.3. The van der Waals surface area contributed by atoms with Crippen molar-refractivity contribution < 1.29 is 46.1 Å². The molecule has 147 heavy (non-hydrogen) atoms. The molecule has 0 unspecified atom stereocenters. The average molecular weight is 1890 g/mol. The van der Waals surface area contributed by atoms with E-state index in [0.29, 0.717) is 100 Å². The maximum Gasteiger partial charge on any atom is 0.136 e. The molecule has 32 rings (SSSR count). The Kier molecular flexibility index (Phi) is 14.4. The van der Waals surface area contributed by atoms with Gasteiger partial charge in [0.05, 0.1) is 32.9 Å². The van der Waals surface area contributed by atoms with Crippen LogP contribution in [0.2, 0.25) is 0 Å². The largest absolute Gasteiger partial charge is 0.456 e. The van der Waals surface area contributed by atoms with Crippen molar-refractivity contribution in [3.63, 3.8) is 0 Å². The molecule has 3 heterocycles. The molecule has 680 valence electrons. The van der Waals surface area contributed by atoms with Crippen molar-refractivity contribution >= 4 is 227 Å². The Balaban J connectivity index is 0.000000113. The van der Waals surface area contributed by atoms with Gasteiger partial charge in [-0.25, -0.2) is 0 Å². The summed E-state index contributed by atoms with van der Waals surface area (Å²) in [6.45, 7) is 0. The number of hydrogen-bond donors (Lipinski definition) is 0. The molecule has 0 bridgehead atoms. The summed E-state index contributed by atoms with van der Waals surface area (Å²) in [6.07, 6.45) is 0. The number of fused-ring (bicyclic) bond motifs is 27. The van der Waals surface area contributed by atoms with E-state index in [4.69, 9.17) is 29.7 Å². The highest BCUT2D eigenvalue weighted by molar-refractivity contribution is 6.28. The molecule has 0 saturated heterocycles. The summed E-state index contributed by atoms with van der Waals surface area (Å²) < 4.78 is 238. The van der Waals surface area contributed by atoms with Crippen LogP contribution in [0.5, 0.6) is 0 Å². The second-order valence-electron chi connectivity index (χ2n) is 37.5. The maximum atomic E-state index is 9.41. The van der Waals surface area contributed by atoms with Gasteiger partial charge in [0.25, 0.3) is 0 Å². The molecular weight excluding hydrogens is 1780 g/mol. The van der Waals surface area contributed by atoms with Gasteiger partial charge in [-0.2, -0.15) is 0 Å². The van der Waals surface area contributed by atoms with Crippen molar-refractivity contribution in [3.05, 3.63) is 521 Å². The van der Waals surface area contributed by atoms with Crippen LogP contribution in [0.3, 0.4) is 0 Å². The van der Waals surface area contributed by atoms with Crippen molar-refractivity contribution in [2.24, 2.45) is 0 Å². The third kappa shape index (κ3) is 13.7. The molecule has 0 spiro atoms. The second kappa shape index (κ2) is 33.7. The first-order chi connectivity index (χ1) is 82.8. The van der Waals surface area contributed by atoms with E-state index < -0.39 is 72.5 Å². The second-order valence-corrected chi connectivity index (χ2v) is 37.5. The van der Waals surface area contributed by atoms with Crippen LogP contribution in [0.15, 0.2) is 534 Å². The fourth-order valence-corrected chi connectivity index (χ4v) is 22.8. The van der Waals surface area contributed by atoms with Crippen LogP contribution in [-0.4, -0.2) is 0 Å². The van der Waals surface area contributed by atoms with Crippen LogP contribution >= 0.6 is 0 Å². The maximum absolute atomic E-state index is 9.41. The molecule has 29 aromatic carbocycles. The lowest BCUT2D eigenvalue weighted by Gasteiger charge is -2.18. The smallest absolute Gasteiger partial charge is 0.136 e. The van der Waals surface area contributed by atoms with E-state index in [1.807, 2.05) is 279 Å². The highest BCUT2D eigenvalue weighted by Gasteiger charge is 2.26. The van der Waals surface area contributed by atoms with Crippen LogP contribution < -0.4 is 0 Å². The average Bonchev–Trinajstić information content (AvgIpc) is 0.877. The van der Waals surface area contributed by atoms with E-state index in [0.717, 1.165) is 152 Å². The van der Waals surface area contributed by atoms with Gasteiger partial charge in [-0.15, -0.1) is 0 Å². The van der Waals surface area contributed by atoms with Gasteiger partial charge in [0.2, 0.25) is 0 Å². The number of rotatable bonds is 8. The van der Waals surface area contributed by atoms with E-state index in [-0.39, 0.29) is 137 Å². The van der Waals surface area contributed by atoms with Gasteiger partial charge in [-0.05, 0) is 342 Å². The van der Waals surface area contributed by atoms with Crippen molar-refractivity contribution in [1.29, 1.82) is 0 Å². The minimum absolute atomic E-state index is 0.172. The molecule has 0 N–H and O–H groups in total. The molecule has 32 aromatic rings. The van der Waals surface area contributed by atoms with E-state index in [1.165, 1.54) is 0 Å². The number of furan rings is 3. The van der Waals surface area contributed by atoms with Crippen molar-refractivity contribution in [2.45, 2.75) is 0 Å². The van der Waals surface area contributed by atoms with Gasteiger partial charge in [0, 0.05) is 32.3 Å². The molecule has 3 aromatic heterocycles. The topological polar surface area (TPSA) is 39.4 Å².